The Morgan fingerprint density at radius 1 is 1.28 bits per heavy atom. The molecule has 0 saturated carbocycles. The molecule has 0 spiro atoms. The topological polar surface area (TPSA) is 34.2 Å². The summed E-state index contributed by atoms with van der Waals surface area (Å²) in [5.74, 6) is 0.836. The predicted octanol–water partition coefficient (Wildman–Crippen LogP) is 3.63. The largest absolute Gasteiger partial charge is 0.494 e. The summed E-state index contributed by atoms with van der Waals surface area (Å²) in [4.78, 5) is 4.67. The van der Waals surface area contributed by atoms with Gasteiger partial charge in [-0.3, -0.25) is 0 Å². The molecular weight excluding hydrogens is 224 g/mol. The van der Waals surface area contributed by atoms with Crippen LogP contribution in [0, 0.1) is 0 Å². The SMILES string of the molecule is CCCNc1cc(CC)nc2c(OC)cccc12. The molecule has 3 heteroatoms. The Kier molecular flexibility index (Phi) is 4.03. The zero-order valence-electron chi connectivity index (χ0n) is 11.3. The van der Waals surface area contributed by atoms with E-state index in [1.54, 1.807) is 7.11 Å². The second kappa shape index (κ2) is 5.71. The second-order valence-electron chi connectivity index (χ2n) is 4.30. The third kappa shape index (κ3) is 2.40. The molecule has 0 radical (unpaired) electrons. The molecule has 1 aromatic carbocycles. The van der Waals surface area contributed by atoms with Gasteiger partial charge in [-0.25, -0.2) is 4.98 Å². The van der Waals surface area contributed by atoms with Crippen LogP contribution < -0.4 is 10.1 Å². The smallest absolute Gasteiger partial charge is 0.145 e. The number of fused-ring (bicyclic) bond motifs is 1. The number of nitrogens with zero attached hydrogens (tertiary/aromatic N) is 1. The maximum absolute atomic E-state index is 5.40. The minimum absolute atomic E-state index is 0.836. The van der Waals surface area contributed by atoms with Gasteiger partial charge in [0, 0.05) is 23.3 Å². The Balaban J connectivity index is 2.60. The number of hydrogen-bond acceptors (Lipinski definition) is 3. The van der Waals surface area contributed by atoms with Crippen molar-refractivity contribution in [3.05, 3.63) is 30.0 Å². The van der Waals surface area contributed by atoms with Crippen molar-refractivity contribution in [3.8, 4) is 5.75 Å². The fourth-order valence-corrected chi connectivity index (χ4v) is 2.03. The summed E-state index contributed by atoms with van der Waals surface area (Å²) in [5.41, 5.74) is 3.18. The van der Waals surface area contributed by atoms with E-state index < -0.39 is 0 Å². The van der Waals surface area contributed by atoms with Crippen molar-refractivity contribution in [2.45, 2.75) is 26.7 Å². The molecule has 0 unspecified atom stereocenters. The van der Waals surface area contributed by atoms with Gasteiger partial charge >= 0.3 is 0 Å². The fourth-order valence-electron chi connectivity index (χ4n) is 2.03. The lowest BCUT2D eigenvalue weighted by Gasteiger charge is -2.12. The van der Waals surface area contributed by atoms with Crippen molar-refractivity contribution >= 4 is 16.6 Å². The van der Waals surface area contributed by atoms with Crippen molar-refractivity contribution < 1.29 is 4.74 Å². The number of rotatable bonds is 5. The standard InChI is InChI=1S/C15H20N2O/c1-4-9-16-13-10-11(5-2)17-15-12(13)7-6-8-14(15)18-3/h6-8,10H,4-5,9H2,1-3H3,(H,16,17). The van der Waals surface area contributed by atoms with Gasteiger partial charge in [-0.15, -0.1) is 0 Å². The van der Waals surface area contributed by atoms with Crippen LogP contribution in [0.1, 0.15) is 26.0 Å². The number of para-hydroxylation sites is 1. The van der Waals surface area contributed by atoms with E-state index in [9.17, 15) is 0 Å². The van der Waals surface area contributed by atoms with E-state index in [0.29, 0.717) is 0 Å². The van der Waals surface area contributed by atoms with Crippen molar-refractivity contribution in [2.24, 2.45) is 0 Å². The van der Waals surface area contributed by atoms with Crippen LogP contribution in [0.3, 0.4) is 0 Å². The van der Waals surface area contributed by atoms with Gasteiger partial charge in [-0.05, 0) is 25.0 Å². The van der Waals surface area contributed by atoms with E-state index in [-0.39, 0.29) is 0 Å². The zero-order valence-corrected chi connectivity index (χ0v) is 11.3. The van der Waals surface area contributed by atoms with Gasteiger partial charge in [0.2, 0.25) is 0 Å². The summed E-state index contributed by atoms with van der Waals surface area (Å²) in [6.45, 7) is 5.25. The second-order valence-corrected chi connectivity index (χ2v) is 4.30. The van der Waals surface area contributed by atoms with Crippen molar-refractivity contribution in [1.82, 2.24) is 4.98 Å². The summed E-state index contributed by atoms with van der Waals surface area (Å²) in [5, 5.41) is 4.59. The molecule has 2 aromatic rings. The van der Waals surface area contributed by atoms with E-state index in [4.69, 9.17) is 4.74 Å². The van der Waals surface area contributed by atoms with Gasteiger partial charge < -0.3 is 10.1 Å². The van der Waals surface area contributed by atoms with Crippen LogP contribution in [-0.4, -0.2) is 18.6 Å². The maximum Gasteiger partial charge on any atom is 0.145 e. The number of benzene rings is 1. The van der Waals surface area contributed by atoms with E-state index >= 15 is 0 Å². The van der Waals surface area contributed by atoms with Crippen LogP contribution in [0.25, 0.3) is 10.9 Å². The Bertz CT molecular complexity index is 537. The van der Waals surface area contributed by atoms with Gasteiger partial charge in [0.15, 0.2) is 0 Å². The molecule has 2 rings (SSSR count). The lowest BCUT2D eigenvalue weighted by molar-refractivity contribution is 0.419. The monoisotopic (exact) mass is 244 g/mol. The number of methoxy groups -OCH3 is 1. The van der Waals surface area contributed by atoms with E-state index in [1.165, 1.54) is 0 Å². The number of nitrogens with one attached hydrogen (secondary N) is 1. The first-order valence-electron chi connectivity index (χ1n) is 6.50. The summed E-state index contributed by atoms with van der Waals surface area (Å²) >= 11 is 0. The van der Waals surface area contributed by atoms with Crippen LogP contribution in [0.5, 0.6) is 5.75 Å². The Morgan fingerprint density at radius 2 is 2.11 bits per heavy atom. The molecule has 0 aliphatic carbocycles. The summed E-state index contributed by atoms with van der Waals surface area (Å²) < 4.78 is 5.40. The van der Waals surface area contributed by atoms with Crippen LogP contribution in [0.15, 0.2) is 24.3 Å². The third-order valence-electron chi connectivity index (χ3n) is 3.00. The molecule has 18 heavy (non-hydrogen) atoms. The van der Waals surface area contributed by atoms with Crippen LogP contribution >= 0.6 is 0 Å². The number of aromatic nitrogens is 1. The fraction of sp³-hybridized carbons (Fsp3) is 0.400. The highest BCUT2D eigenvalue weighted by Gasteiger charge is 2.08. The molecule has 0 atom stereocenters. The molecular formula is C15H20N2O. The number of aryl methyl sites for hydroxylation is 1. The lowest BCUT2D eigenvalue weighted by atomic mass is 10.1. The molecule has 0 amide bonds. The van der Waals surface area contributed by atoms with Gasteiger partial charge in [0.25, 0.3) is 0 Å². The minimum atomic E-state index is 0.836. The first-order chi connectivity index (χ1) is 8.80. The third-order valence-corrected chi connectivity index (χ3v) is 3.00. The zero-order chi connectivity index (χ0) is 13.0. The predicted molar refractivity (Wildman–Crippen MR) is 76.5 cm³/mol. The van der Waals surface area contributed by atoms with Crippen LogP contribution in [0.4, 0.5) is 5.69 Å². The first kappa shape index (κ1) is 12.7. The van der Waals surface area contributed by atoms with Gasteiger partial charge in [-0.1, -0.05) is 26.0 Å². The van der Waals surface area contributed by atoms with Gasteiger partial charge in [0.05, 0.1) is 7.11 Å². The van der Waals surface area contributed by atoms with Crippen molar-refractivity contribution in [1.29, 1.82) is 0 Å². The molecule has 1 N–H and O–H groups in total. The minimum Gasteiger partial charge on any atom is -0.494 e. The van der Waals surface area contributed by atoms with Crippen molar-refractivity contribution in [2.75, 3.05) is 19.0 Å². The normalized spacial score (nSPS) is 10.6. The first-order valence-corrected chi connectivity index (χ1v) is 6.50. The molecule has 1 aromatic heterocycles. The average molecular weight is 244 g/mol. The maximum atomic E-state index is 5.40. The molecule has 0 aliphatic heterocycles. The summed E-state index contributed by atoms with van der Waals surface area (Å²) in [6.07, 6.45) is 2.03. The highest BCUT2D eigenvalue weighted by Crippen LogP contribution is 2.30. The molecule has 1 heterocycles. The Morgan fingerprint density at radius 3 is 2.78 bits per heavy atom. The van der Waals surface area contributed by atoms with Gasteiger partial charge in [0.1, 0.15) is 11.3 Å². The number of pyridine rings is 1. The van der Waals surface area contributed by atoms with E-state index in [0.717, 1.165) is 47.4 Å². The van der Waals surface area contributed by atoms with E-state index in [2.05, 4.69) is 36.3 Å². The Labute approximate surface area is 108 Å². The number of ether oxygens (including phenoxy) is 1. The summed E-state index contributed by atoms with van der Waals surface area (Å²) in [7, 11) is 1.69. The molecule has 0 aliphatic rings. The average Bonchev–Trinajstić information content (AvgIpc) is 2.43. The highest BCUT2D eigenvalue weighted by atomic mass is 16.5. The molecule has 3 nitrogen and oxygen atoms in total. The molecule has 96 valence electrons. The highest BCUT2D eigenvalue weighted by molar-refractivity contribution is 5.95. The van der Waals surface area contributed by atoms with E-state index in [1.807, 2.05) is 12.1 Å². The Hall–Kier alpha value is -1.77. The quantitative estimate of drug-likeness (QED) is 0.872. The summed E-state index contributed by atoms with van der Waals surface area (Å²) in [6, 6.07) is 8.18. The van der Waals surface area contributed by atoms with Crippen LogP contribution in [-0.2, 0) is 6.42 Å². The molecule has 0 bridgehead atoms. The van der Waals surface area contributed by atoms with Gasteiger partial charge in [-0.2, -0.15) is 0 Å². The number of anilines is 1. The molecule has 0 fully saturated rings. The van der Waals surface area contributed by atoms with Crippen LogP contribution in [0.2, 0.25) is 0 Å². The lowest BCUT2D eigenvalue weighted by Crippen LogP contribution is -2.03. The number of hydrogen-bond donors (Lipinski definition) is 1. The van der Waals surface area contributed by atoms with Crippen molar-refractivity contribution in [3.63, 3.8) is 0 Å². The molecule has 0 saturated heterocycles.